The molecule has 0 bridgehead atoms. The Morgan fingerprint density at radius 2 is 0.843 bits per heavy atom. The maximum absolute atomic E-state index is 6.49. The Labute approximate surface area is 410 Å². The largest absolute Gasteiger partial charge is 0.455 e. The molecule has 0 N–H and O–H groups in total. The Kier molecular flexibility index (Phi) is 9.33. The van der Waals surface area contributed by atoms with Crippen LogP contribution >= 0.6 is 11.3 Å². The summed E-state index contributed by atoms with van der Waals surface area (Å²) in [6.07, 6.45) is 0. The molecule has 0 saturated heterocycles. The van der Waals surface area contributed by atoms with Gasteiger partial charge in [-0.3, -0.25) is 0 Å². The Bertz CT molecular complexity index is 4060. The average Bonchev–Trinajstić information content (AvgIpc) is 4.11. The van der Waals surface area contributed by atoms with Crippen LogP contribution in [-0.4, -0.2) is 0 Å². The van der Waals surface area contributed by atoms with Crippen LogP contribution in [-0.2, 0) is 5.41 Å². The van der Waals surface area contributed by atoms with Gasteiger partial charge in [0, 0.05) is 53.6 Å². The first-order valence-electron chi connectivity index (χ1n) is 24.0. The zero-order chi connectivity index (χ0) is 46.2. The van der Waals surface area contributed by atoms with Gasteiger partial charge in [-0.1, -0.05) is 206 Å². The van der Waals surface area contributed by atoms with Crippen LogP contribution in [0.2, 0.25) is 0 Å². The molecular formula is C67H43NOS. The molecule has 11 aromatic carbocycles. The lowest BCUT2D eigenvalue weighted by molar-refractivity contribution is 0.670. The minimum absolute atomic E-state index is 0.476. The van der Waals surface area contributed by atoms with E-state index in [9.17, 15) is 0 Å². The maximum atomic E-state index is 6.49. The van der Waals surface area contributed by atoms with Gasteiger partial charge < -0.3 is 9.32 Å². The van der Waals surface area contributed by atoms with E-state index in [1.54, 1.807) is 0 Å². The second kappa shape index (κ2) is 16.2. The van der Waals surface area contributed by atoms with Gasteiger partial charge in [-0.2, -0.15) is 0 Å². The monoisotopic (exact) mass is 909 g/mol. The van der Waals surface area contributed by atoms with E-state index < -0.39 is 5.41 Å². The third-order valence-corrected chi connectivity index (χ3v) is 15.8. The number of rotatable bonds is 8. The second-order valence-corrected chi connectivity index (χ2v) is 19.4. The smallest absolute Gasteiger partial charge is 0.143 e. The predicted molar refractivity (Wildman–Crippen MR) is 295 cm³/mol. The normalized spacial score (nSPS) is 12.7. The van der Waals surface area contributed by atoms with Crippen LogP contribution in [0.15, 0.2) is 265 Å². The van der Waals surface area contributed by atoms with E-state index in [-0.39, 0.29) is 0 Å². The van der Waals surface area contributed by atoms with E-state index in [0.29, 0.717) is 0 Å². The lowest BCUT2D eigenvalue weighted by Gasteiger charge is -2.34. The molecule has 0 fully saturated rings. The first kappa shape index (κ1) is 40.3. The number of benzene rings is 11. The SMILES string of the molecule is c1ccc(C2(c3ccc(N(c4ccc(-c5cccc(-c6cccc7c6sc6ccccc67)c5)cc4)c4ccc(-c5cccc6c5oc5ccccc56)cc4)cc3)c3ccccc3-c3ccccc32)cc1. The molecule has 70 heavy (non-hydrogen) atoms. The number of para-hydroxylation sites is 2. The van der Waals surface area contributed by atoms with Crippen LogP contribution < -0.4 is 4.90 Å². The average molecular weight is 910 g/mol. The fourth-order valence-corrected chi connectivity index (χ4v) is 12.7. The molecule has 14 rings (SSSR count). The topological polar surface area (TPSA) is 16.4 Å². The number of thiophene rings is 1. The van der Waals surface area contributed by atoms with Gasteiger partial charge in [0.15, 0.2) is 0 Å². The van der Waals surface area contributed by atoms with E-state index in [4.69, 9.17) is 4.42 Å². The van der Waals surface area contributed by atoms with Crippen LogP contribution in [0.1, 0.15) is 22.3 Å². The molecule has 0 amide bonds. The van der Waals surface area contributed by atoms with Crippen LogP contribution in [0, 0.1) is 0 Å². The molecule has 0 radical (unpaired) electrons. The first-order chi connectivity index (χ1) is 34.7. The predicted octanol–water partition coefficient (Wildman–Crippen LogP) is 18.8. The zero-order valence-corrected chi connectivity index (χ0v) is 38.9. The molecule has 13 aromatic rings. The molecule has 0 unspecified atom stereocenters. The fourth-order valence-electron chi connectivity index (χ4n) is 11.4. The van der Waals surface area contributed by atoms with Crippen molar-refractivity contribution in [1.82, 2.24) is 0 Å². The molecule has 3 heteroatoms. The van der Waals surface area contributed by atoms with Gasteiger partial charge in [0.25, 0.3) is 0 Å². The van der Waals surface area contributed by atoms with Crippen molar-refractivity contribution in [3.8, 4) is 44.5 Å². The minimum atomic E-state index is -0.476. The van der Waals surface area contributed by atoms with Gasteiger partial charge in [0.05, 0.1) is 5.41 Å². The van der Waals surface area contributed by atoms with Gasteiger partial charge in [-0.25, -0.2) is 0 Å². The van der Waals surface area contributed by atoms with Crippen molar-refractivity contribution in [2.45, 2.75) is 5.41 Å². The molecule has 328 valence electrons. The van der Waals surface area contributed by atoms with Crippen LogP contribution in [0.3, 0.4) is 0 Å². The van der Waals surface area contributed by atoms with Crippen LogP contribution in [0.25, 0.3) is 86.6 Å². The van der Waals surface area contributed by atoms with E-state index >= 15 is 0 Å². The molecule has 1 aliphatic carbocycles. The van der Waals surface area contributed by atoms with E-state index in [0.717, 1.165) is 50.1 Å². The second-order valence-electron chi connectivity index (χ2n) is 18.3. The number of nitrogens with zero attached hydrogens (tertiary/aromatic N) is 1. The van der Waals surface area contributed by atoms with Crippen LogP contribution in [0.5, 0.6) is 0 Å². The van der Waals surface area contributed by atoms with E-state index in [1.807, 2.05) is 23.5 Å². The third-order valence-electron chi connectivity index (χ3n) is 14.6. The maximum Gasteiger partial charge on any atom is 0.143 e. The molecule has 0 saturated carbocycles. The third kappa shape index (κ3) is 6.25. The summed E-state index contributed by atoms with van der Waals surface area (Å²) in [4.78, 5) is 2.38. The lowest BCUT2D eigenvalue weighted by atomic mass is 9.68. The number of fused-ring (bicyclic) bond motifs is 9. The Morgan fingerprint density at radius 1 is 0.329 bits per heavy atom. The summed E-state index contributed by atoms with van der Waals surface area (Å²) in [6, 6.07) is 95.4. The zero-order valence-electron chi connectivity index (χ0n) is 38.1. The summed E-state index contributed by atoms with van der Waals surface area (Å²) in [6.45, 7) is 0. The Morgan fingerprint density at radius 3 is 1.57 bits per heavy atom. The van der Waals surface area contributed by atoms with Crippen molar-refractivity contribution in [3.05, 3.63) is 283 Å². The van der Waals surface area contributed by atoms with Crippen molar-refractivity contribution in [1.29, 1.82) is 0 Å². The standard InChI is InChI=1S/C67H43NOS/c1-2-17-48(18-3-1)67(61-27-8-4-19-55(61)56-20-5-9-28-62(56)67)49-35-41-52(42-36-49)68(51-39-33-45(34-40-51)53-23-13-25-59-57-21-6-10-29-63(57)69-65(53)59)50-37-31-44(32-38-50)46-15-12-16-47(43-46)54-24-14-26-60-58-22-7-11-30-64(58)70-66(54)60/h1-43H. The highest BCUT2D eigenvalue weighted by molar-refractivity contribution is 7.26. The number of furan rings is 1. The highest BCUT2D eigenvalue weighted by atomic mass is 32.1. The molecule has 2 heterocycles. The molecule has 0 atom stereocenters. The Balaban J connectivity index is 0.879. The van der Waals surface area contributed by atoms with Gasteiger partial charge >= 0.3 is 0 Å². The Hall–Kier alpha value is -8.76. The summed E-state index contributed by atoms with van der Waals surface area (Å²) < 4.78 is 9.14. The summed E-state index contributed by atoms with van der Waals surface area (Å²) in [5.41, 5.74) is 19.2. The molecule has 2 nitrogen and oxygen atoms in total. The van der Waals surface area contributed by atoms with Crippen LogP contribution in [0.4, 0.5) is 17.1 Å². The highest BCUT2D eigenvalue weighted by Gasteiger charge is 2.45. The van der Waals surface area contributed by atoms with Gasteiger partial charge in [-0.15, -0.1) is 11.3 Å². The van der Waals surface area contributed by atoms with Crippen molar-refractivity contribution in [2.24, 2.45) is 0 Å². The van der Waals surface area contributed by atoms with Gasteiger partial charge in [0.1, 0.15) is 11.2 Å². The molecule has 0 aliphatic heterocycles. The van der Waals surface area contributed by atoms with E-state index in [1.165, 1.54) is 75.8 Å². The van der Waals surface area contributed by atoms with E-state index in [2.05, 4.69) is 254 Å². The quantitative estimate of drug-likeness (QED) is 0.151. The van der Waals surface area contributed by atoms with Crippen molar-refractivity contribution in [3.63, 3.8) is 0 Å². The van der Waals surface area contributed by atoms with Gasteiger partial charge in [-0.05, 0) is 116 Å². The van der Waals surface area contributed by atoms with Crippen molar-refractivity contribution in [2.75, 3.05) is 4.90 Å². The summed E-state index contributed by atoms with van der Waals surface area (Å²) >= 11 is 1.88. The number of anilines is 3. The number of hydrogen-bond acceptors (Lipinski definition) is 3. The van der Waals surface area contributed by atoms with Crippen molar-refractivity contribution >= 4 is 70.5 Å². The summed E-state index contributed by atoms with van der Waals surface area (Å²) in [5.74, 6) is 0. The molecule has 0 spiro atoms. The lowest BCUT2D eigenvalue weighted by Crippen LogP contribution is -2.28. The fraction of sp³-hybridized carbons (Fsp3) is 0.0149. The molecule has 1 aliphatic rings. The summed E-state index contributed by atoms with van der Waals surface area (Å²) in [5, 5.41) is 4.89. The molecular weight excluding hydrogens is 867 g/mol. The number of hydrogen-bond donors (Lipinski definition) is 0. The van der Waals surface area contributed by atoms with Crippen molar-refractivity contribution < 1.29 is 4.42 Å². The first-order valence-corrected chi connectivity index (χ1v) is 24.8. The minimum Gasteiger partial charge on any atom is -0.455 e. The highest BCUT2D eigenvalue weighted by Crippen LogP contribution is 2.56. The summed E-state index contributed by atoms with van der Waals surface area (Å²) in [7, 11) is 0. The van der Waals surface area contributed by atoms with Gasteiger partial charge in [0.2, 0.25) is 0 Å². The molecule has 2 aromatic heterocycles.